The van der Waals surface area contributed by atoms with Crippen molar-refractivity contribution < 1.29 is 35.9 Å². The molecule has 0 bridgehead atoms. The summed E-state index contributed by atoms with van der Waals surface area (Å²) in [5.74, 6) is -2.98. The minimum absolute atomic E-state index is 0.123. The number of hydrogen-bond acceptors (Lipinski definition) is 6. The Kier molecular flexibility index (Phi) is 6.73. The number of anilines is 1. The van der Waals surface area contributed by atoms with Crippen LogP contribution >= 0.6 is 0 Å². The topological polar surface area (TPSA) is 128 Å². The zero-order chi connectivity index (χ0) is 22.6. The summed E-state index contributed by atoms with van der Waals surface area (Å²) in [5, 5.41) is 8.56. The third kappa shape index (κ3) is 5.07. The number of amides is 1. The summed E-state index contributed by atoms with van der Waals surface area (Å²) in [4.78, 5) is 24.5. The maximum absolute atomic E-state index is 14.1. The smallest absolute Gasteiger partial charge is 0.441 e. The molecule has 0 aromatic heterocycles. The van der Waals surface area contributed by atoms with Gasteiger partial charge in [-0.3, -0.25) is 4.79 Å². The Hall–Kier alpha value is -3.12. The van der Waals surface area contributed by atoms with Crippen LogP contribution < -0.4 is 15.8 Å². The third-order valence-corrected chi connectivity index (χ3v) is 4.79. The van der Waals surface area contributed by atoms with Crippen molar-refractivity contribution in [2.45, 2.75) is 23.7 Å². The molecule has 0 fully saturated rings. The van der Waals surface area contributed by atoms with Crippen molar-refractivity contribution in [1.82, 2.24) is 5.32 Å². The lowest BCUT2D eigenvalue weighted by Gasteiger charge is -2.35. The average Bonchev–Trinajstić information content (AvgIpc) is 2.67. The molecule has 12 heteroatoms. The molecule has 0 saturated carbocycles. The fourth-order valence-corrected chi connectivity index (χ4v) is 2.92. The van der Waals surface area contributed by atoms with Gasteiger partial charge in [-0.2, -0.15) is 13.2 Å². The number of carbonyl (C=O) groups is 2. The second-order valence-electron chi connectivity index (χ2n) is 5.98. The third-order valence-electron chi connectivity index (χ3n) is 3.86. The van der Waals surface area contributed by atoms with Gasteiger partial charge in [0.25, 0.3) is 5.91 Å². The summed E-state index contributed by atoms with van der Waals surface area (Å²) in [5.41, 5.74) is -4.08. The van der Waals surface area contributed by atoms with Crippen LogP contribution in [0, 0.1) is 0 Å². The van der Waals surface area contributed by atoms with Gasteiger partial charge in [0.2, 0.25) is 10.0 Å². The molecule has 1 atom stereocenters. The fourth-order valence-electron chi connectivity index (χ4n) is 2.41. The van der Waals surface area contributed by atoms with Gasteiger partial charge >= 0.3 is 17.8 Å². The van der Waals surface area contributed by atoms with E-state index in [9.17, 15) is 31.2 Å². The van der Waals surface area contributed by atoms with Crippen LogP contribution in [0.4, 0.5) is 18.9 Å². The molecule has 0 radical (unpaired) electrons. The molecule has 1 amide bonds. The Morgan fingerprint density at radius 1 is 1.03 bits per heavy atom. The molecule has 0 aliphatic carbocycles. The second kappa shape index (κ2) is 8.71. The van der Waals surface area contributed by atoms with Gasteiger partial charge in [-0.1, -0.05) is 18.2 Å². The molecule has 0 aliphatic rings. The van der Waals surface area contributed by atoms with Crippen molar-refractivity contribution >= 4 is 27.6 Å². The summed E-state index contributed by atoms with van der Waals surface area (Å²) < 4.78 is 69.5. The van der Waals surface area contributed by atoms with E-state index < -0.39 is 33.7 Å². The lowest BCUT2D eigenvalue weighted by molar-refractivity contribution is -0.204. The lowest BCUT2D eigenvalue weighted by Crippen LogP contribution is -2.69. The lowest BCUT2D eigenvalue weighted by atomic mass is 10.1. The van der Waals surface area contributed by atoms with E-state index in [-0.39, 0.29) is 22.8 Å². The molecule has 4 N–H and O–H groups in total. The zero-order valence-electron chi connectivity index (χ0n) is 15.6. The highest BCUT2D eigenvalue weighted by atomic mass is 32.2. The van der Waals surface area contributed by atoms with Crippen LogP contribution in [0.3, 0.4) is 0 Å². The monoisotopic (exact) mass is 445 g/mol. The molecule has 2 aromatic rings. The molecule has 8 nitrogen and oxygen atoms in total. The maximum atomic E-state index is 14.1. The molecule has 2 aromatic carbocycles. The molecule has 2 rings (SSSR count). The maximum Gasteiger partial charge on any atom is 0.441 e. The Bertz CT molecular complexity index is 1010. The van der Waals surface area contributed by atoms with Crippen molar-refractivity contribution in [2.24, 2.45) is 5.14 Å². The van der Waals surface area contributed by atoms with Gasteiger partial charge in [0.15, 0.2) is 0 Å². The number of nitrogens with one attached hydrogen (secondary N) is 2. The summed E-state index contributed by atoms with van der Waals surface area (Å²) in [6.45, 7) is 0.920. The minimum atomic E-state index is -5.33. The molecular formula is C18H18F3N3O5S. The Balaban J connectivity index is 2.51. The SMILES string of the molecule is CCOC(=O)[C@](NC(=O)c1ccccc1)(Nc1ccc(S(N)(=O)=O)cc1)C(F)(F)F. The summed E-state index contributed by atoms with van der Waals surface area (Å²) in [7, 11) is -4.08. The molecule has 0 heterocycles. The van der Waals surface area contributed by atoms with Crippen molar-refractivity contribution in [2.75, 3.05) is 11.9 Å². The summed E-state index contributed by atoms with van der Waals surface area (Å²) in [6, 6.07) is 10.8. The minimum Gasteiger partial charge on any atom is -0.463 e. The van der Waals surface area contributed by atoms with Crippen molar-refractivity contribution in [1.29, 1.82) is 0 Å². The molecule has 162 valence electrons. The van der Waals surface area contributed by atoms with E-state index >= 15 is 0 Å². The number of hydrogen-bond donors (Lipinski definition) is 3. The molecule has 0 aliphatic heterocycles. The first-order chi connectivity index (χ1) is 13.9. The number of carbonyl (C=O) groups excluding carboxylic acids is 2. The van der Waals surface area contributed by atoms with Gasteiger partial charge in [0.05, 0.1) is 11.5 Å². The van der Waals surface area contributed by atoms with Gasteiger partial charge < -0.3 is 15.4 Å². The first kappa shape index (κ1) is 23.2. The van der Waals surface area contributed by atoms with Crippen molar-refractivity contribution in [3.63, 3.8) is 0 Å². The molecule has 0 spiro atoms. The van der Waals surface area contributed by atoms with Crippen LogP contribution in [0.2, 0.25) is 0 Å². The molecule has 0 unspecified atom stereocenters. The van der Waals surface area contributed by atoms with Gasteiger partial charge in [0, 0.05) is 11.3 Å². The standard InChI is InChI=1S/C18H18F3N3O5S/c1-2-29-16(26)17(18(19,20)21,24-15(25)12-6-4-3-5-7-12)23-13-8-10-14(11-9-13)30(22,27)28/h3-11,23H,2H2,1H3,(H,24,25)(H2,22,27,28)/t17-/m1/s1. The average molecular weight is 445 g/mol. The Morgan fingerprint density at radius 2 is 1.60 bits per heavy atom. The molecular weight excluding hydrogens is 427 g/mol. The first-order valence-corrected chi connectivity index (χ1v) is 9.98. The van der Waals surface area contributed by atoms with E-state index in [0.717, 1.165) is 24.3 Å². The normalized spacial score (nSPS) is 13.8. The van der Waals surface area contributed by atoms with Crippen LogP contribution in [0.1, 0.15) is 17.3 Å². The highest BCUT2D eigenvalue weighted by Crippen LogP contribution is 2.33. The van der Waals surface area contributed by atoms with Gasteiger partial charge in [-0.05, 0) is 43.3 Å². The quantitative estimate of drug-likeness (QED) is 0.442. The first-order valence-electron chi connectivity index (χ1n) is 8.43. The second-order valence-corrected chi connectivity index (χ2v) is 7.54. The fraction of sp³-hybridized carbons (Fsp3) is 0.222. The number of rotatable bonds is 7. The van der Waals surface area contributed by atoms with Crippen LogP contribution in [-0.2, 0) is 19.6 Å². The van der Waals surface area contributed by atoms with Crippen LogP contribution in [0.25, 0.3) is 0 Å². The number of alkyl halides is 3. The number of halogens is 3. The van der Waals surface area contributed by atoms with E-state index in [1.807, 2.05) is 5.32 Å². The highest BCUT2D eigenvalue weighted by Gasteiger charge is 2.63. The van der Waals surface area contributed by atoms with E-state index in [1.165, 1.54) is 31.2 Å². The van der Waals surface area contributed by atoms with E-state index in [1.54, 1.807) is 11.4 Å². The van der Waals surface area contributed by atoms with E-state index in [0.29, 0.717) is 0 Å². The number of benzene rings is 2. The Morgan fingerprint density at radius 3 is 2.07 bits per heavy atom. The number of esters is 1. The van der Waals surface area contributed by atoms with Crippen LogP contribution in [0.15, 0.2) is 59.5 Å². The summed E-state index contributed by atoms with van der Waals surface area (Å²) >= 11 is 0. The van der Waals surface area contributed by atoms with Crippen LogP contribution in [0.5, 0.6) is 0 Å². The molecule has 0 saturated heterocycles. The van der Waals surface area contributed by atoms with E-state index in [2.05, 4.69) is 4.74 Å². The predicted octanol–water partition coefficient (Wildman–Crippen LogP) is 2.00. The number of sulfonamides is 1. The van der Waals surface area contributed by atoms with Gasteiger partial charge in [0.1, 0.15) is 0 Å². The number of ether oxygens (including phenoxy) is 1. The zero-order valence-corrected chi connectivity index (χ0v) is 16.4. The van der Waals surface area contributed by atoms with E-state index in [4.69, 9.17) is 5.14 Å². The highest BCUT2D eigenvalue weighted by molar-refractivity contribution is 7.89. The van der Waals surface area contributed by atoms with Crippen LogP contribution in [-0.4, -0.2) is 38.7 Å². The largest absolute Gasteiger partial charge is 0.463 e. The van der Waals surface area contributed by atoms with Crippen molar-refractivity contribution in [3.05, 3.63) is 60.2 Å². The van der Waals surface area contributed by atoms with Gasteiger partial charge in [-0.15, -0.1) is 0 Å². The number of primary sulfonamides is 1. The Labute approximate surface area is 170 Å². The molecule has 30 heavy (non-hydrogen) atoms. The predicted molar refractivity (Wildman–Crippen MR) is 101 cm³/mol. The number of nitrogens with two attached hydrogens (primary N) is 1. The summed E-state index contributed by atoms with van der Waals surface area (Å²) in [6.07, 6.45) is -5.33. The van der Waals surface area contributed by atoms with Crippen molar-refractivity contribution in [3.8, 4) is 0 Å². The van der Waals surface area contributed by atoms with Gasteiger partial charge in [-0.25, -0.2) is 18.4 Å².